The Kier molecular flexibility index (Phi) is 2.49. The normalized spacial score (nSPS) is 14.6. The molecule has 15 heavy (non-hydrogen) atoms. The van der Waals surface area contributed by atoms with Crippen LogP contribution in [0.25, 0.3) is 0 Å². The van der Waals surface area contributed by atoms with Crippen LogP contribution in [-0.2, 0) is 4.74 Å². The third-order valence-corrected chi connectivity index (χ3v) is 2.69. The highest BCUT2D eigenvalue weighted by molar-refractivity contribution is 5.98. The van der Waals surface area contributed by atoms with E-state index in [1.165, 1.54) is 13.5 Å². The number of hydrogen-bond donors (Lipinski definition) is 1. The molecule has 1 heterocycles. The Hall–Kier alpha value is -1.71. The molecule has 0 saturated carbocycles. The fraction of sp³-hybridized carbons (Fsp3) is 0.364. The van der Waals surface area contributed by atoms with Gasteiger partial charge in [0.05, 0.1) is 24.0 Å². The van der Waals surface area contributed by atoms with Crippen molar-refractivity contribution in [2.75, 3.05) is 30.8 Å². The molecule has 2 N–H and O–H groups in total. The minimum absolute atomic E-state index is 0.380. The fourth-order valence-electron chi connectivity index (χ4n) is 1.67. The molecule has 0 atom stereocenters. The number of nitrogens with two attached hydrogens (primary N) is 1. The summed E-state index contributed by atoms with van der Waals surface area (Å²) >= 11 is 0. The monoisotopic (exact) mass is 206 g/mol. The number of carbonyl (C=O) groups is 1. The highest BCUT2D eigenvalue weighted by Crippen LogP contribution is 2.30. The second kappa shape index (κ2) is 3.81. The van der Waals surface area contributed by atoms with Crippen LogP contribution in [0.2, 0.25) is 0 Å². The Morgan fingerprint density at radius 2 is 2.20 bits per heavy atom. The van der Waals surface area contributed by atoms with Crippen LogP contribution < -0.4 is 10.6 Å². The lowest BCUT2D eigenvalue weighted by molar-refractivity contribution is 0.0602. The van der Waals surface area contributed by atoms with Gasteiger partial charge in [0.25, 0.3) is 0 Å². The third kappa shape index (κ3) is 1.63. The predicted molar refractivity (Wildman–Crippen MR) is 59.0 cm³/mol. The summed E-state index contributed by atoms with van der Waals surface area (Å²) in [5, 5.41) is 0. The largest absolute Gasteiger partial charge is 0.465 e. The molecule has 0 aliphatic carbocycles. The topological polar surface area (TPSA) is 55.6 Å². The first-order valence-electron chi connectivity index (χ1n) is 4.96. The Balaban J connectivity index is 2.36. The zero-order valence-electron chi connectivity index (χ0n) is 8.69. The van der Waals surface area contributed by atoms with E-state index in [-0.39, 0.29) is 5.97 Å². The standard InChI is InChI=1S/C11H14N2O2/c1-15-11(14)8-4-2-5-9(10(8)12)13-6-3-7-13/h2,4-5H,3,6-7,12H2,1H3. The quantitative estimate of drug-likeness (QED) is 0.584. The molecule has 1 fully saturated rings. The second-order valence-electron chi connectivity index (χ2n) is 3.57. The summed E-state index contributed by atoms with van der Waals surface area (Å²) in [4.78, 5) is 13.5. The van der Waals surface area contributed by atoms with Crippen molar-refractivity contribution in [3.63, 3.8) is 0 Å². The second-order valence-corrected chi connectivity index (χ2v) is 3.57. The Labute approximate surface area is 88.6 Å². The summed E-state index contributed by atoms with van der Waals surface area (Å²) in [6.07, 6.45) is 1.18. The first-order chi connectivity index (χ1) is 7.24. The van der Waals surface area contributed by atoms with Crippen molar-refractivity contribution in [3.8, 4) is 0 Å². The maximum atomic E-state index is 11.4. The van der Waals surface area contributed by atoms with Gasteiger partial charge in [-0.15, -0.1) is 0 Å². The van der Waals surface area contributed by atoms with E-state index in [1.807, 2.05) is 12.1 Å². The van der Waals surface area contributed by atoms with Gasteiger partial charge in [-0.05, 0) is 18.6 Å². The lowest BCUT2D eigenvalue weighted by atomic mass is 10.1. The first-order valence-corrected chi connectivity index (χ1v) is 4.96. The highest BCUT2D eigenvalue weighted by atomic mass is 16.5. The number of nitrogens with zero attached hydrogens (tertiary/aromatic N) is 1. The number of hydrogen-bond acceptors (Lipinski definition) is 4. The summed E-state index contributed by atoms with van der Waals surface area (Å²) < 4.78 is 4.67. The molecule has 0 unspecified atom stereocenters. The smallest absolute Gasteiger partial charge is 0.340 e. The van der Waals surface area contributed by atoms with Crippen molar-refractivity contribution in [1.82, 2.24) is 0 Å². The average Bonchev–Trinajstić information content (AvgIpc) is 2.17. The van der Waals surface area contributed by atoms with Crippen molar-refractivity contribution in [3.05, 3.63) is 23.8 Å². The van der Waals surface area contributed by atoms with Gasteiger partial charge in [-0.25, -0.2) is 4.79 Å². The number of para-hydroxylation sites is 1. The molecule has 0 aromatic heterocycles. The van der Waals surface area contributed by atoms with Gasteiger partial charge in [0, 0.05) is 13.1 Å². The Bertz CT molecular complexity index is 386. The van der Waals surface area contributed by atoms with E-state index in [0.29, 0.717) is 11.3 Å². The van der Waals surface area contributed by atoms with Crippen LogP contribution in [0.15, 0.2) is 18.2 Å². The molecule has 0 spiro atoms. The lowest BCUT2D eigenvalue weighted by Crippen LogP contribution is -2.37. The average molecular weight is 206 g/mol. The van der Waals surface area contributed by atoms with E-state index in [9.17, 15) is 4.79 Å². The molecule has 4 heteroatoms. The zero-order valence-corrected chi connectivity index (χ0v) is 8.69. The van der Waals surface area contributed by atoms with Gasteiger partial charge in [-0.2, -0.15) is 0 Å². The molecule has 1 saturated heterocycles. The highest BCUT2D eigenvalue weighted by Gasteiger charge is 2.20. The van der Waals surface area contributed by atoms with Crippen molar-refractivity contribution in [2.45, 2.75) is 6.42 Å². The van der Waals surface area contributed by atoms with Crippen LogP contribution >= 0.6 is 0 Å². The van der Waals surface area contributed by atoms with Crippen molar-refractivity contribution in [2.24, 2.45) is 0 Å². The Morgan fingerprint density at radius 3 is 2.73 bits per heavy atom. The van der Waals surface area contributed by atoms with Gasteiger partial charge < -0.3 is 15.4 Å². The van der Waals surface area contributed by atoms with E-state index >= 15 is 0 Å². The summed E-state index contributed by atoms with van der Waals surface area (Å²) in [5.74, 6) is -0.380. The molecule has 80 valence electrons. The number of esters is 1. The first kappa shape index (κ1) is 9.83. The van der Waals surface area contributed by atoms with E-state index in [1.54, 1.807) is 6.07 Å². The maximum absolute atomic E-state index is 11.4. The van der Waals surface area contributed by atoms with Crippen LogP contribution in [0.3, 0.4) is 0 Å². The van der Waals surface area contributed by atoms with Crippen LogP contribution in [0.1, 0.15) is 16.8 Å². The summed E-state index contributed by atoms with van der Waals surface area (Å²) in [6, 6.07) is 5.45. The molecular formula is C11H14N2O2. The molecule has 1 aliphatic heterocycles. The van der Waals surface area contributed by atoms with Crippen LogP contribution in [0.4, 0.5) is 11.4 Å². The number of rotatable bonds is 2. The summed E-state index contributed by atoms with van der Waals surface area (Å²) in [5.41, 5.74) is 7.83. The van der Waals surface area contributed by atoms with Gasteiger partial charge in [0.15, 0.2) is 0 Å². The number of nitrogen functional groups attached to an aromatic ring is 1. The van der Waals surface area contributed by atoms with Gasteiger partial charge in [-0.3, -0.25) is 0 Å². The Morgan fingerprint density at radius 1 is 1.47 bits per heavy atom. The van der Waals surface area contributed by atoms with Gasteiger partial charge in [-0.1, -0.05) is 6.07 Å². The lowest BCUT2D eigenvalue weighted by Gasteiger charge is -2.34. The minimum atomic E-state index is -0.380. The number of anilines is 2. The molecular weight excluding hydrogens is 192 g/mol. The minimum Gasteiger partial charge on any atom is -0.465 e. The van der Waals surface area contributed by atoms with Crippen molar-refractivity contribution >= 4 is 17.3 Å². The van der Waals surface area contributed by atoms with E-state index in [0.717, 1.165) is 18.8 Å². The van der Waals surface area contributed by atoms with Crippen LogP contribution in [-0.4, -0.2) is 26.2 Å². The summed E-state index contributed by atoms with van der Waals surface area (Å²) in [6.45, 7) is 2.02. The fourth-order valence-corrected chi connectivity index (χ4v) is 1.67. The van der Waals surface area contributed by atoms with Crippen molar-refractivity contribution < 1.29 is 9.53 Å². The predicted octanol–water partition coefficient (Wildman–Crippen LogP) is 1.27. The molecule has 1 aromatic carbocycles. The molecule has 1 aromatic rings. The van der Waals surface area contributed by atoms with E-state index < -0.39 is 0 Å². The van der Waals surface area contributed by atoms with Crippen molar-refractivity contribution in [1.29, 1.82) is 0 Å². The molecule has 1 aliphatic rings. The number of ether oxygens (including phenoxy) is 1. The number of methoxy groups -OCH3 is 1. The van der Waals surface area contributed by atoms with Crippen LogP contribution in [0, 0.1) is 0 Å². The number of benzene rings is 1. The molecule has 2 rings (SSSR count). The third-order valence-electron chi connectivity index (χ3n) is 2.69. The molecule has 4 nitrogen and oxygen atoms in total. The van der Waals surface area contributed by atoms with E-state index in [4.69, 9.17) is 5.73 Å². The summed E-state index contributed by atoms with van der Waals surface area (Å²) in [7, 11) is 1.36. The zero-order chi connectivity index (χ0) is 10.8. The molecule has 0 amide bonds. The molecule has 0 bridgehead atoms. The maximum Gasteiger partial charge on any atom is 0.340 e. The van der Waals surface area contributed by atoms with Gasteiger partial charge in [0.2, 0.25) is 0 Å². The van der Waals surface area contributed by atoms with Gasteiger partial charge in [0.1, 0.15) is 0 Å². The molecule has 0 radical (unpaired) electrons. The van der Waals surface area contributed by atoms with Crippen LogP contribution in [0.5, 0.6) is 0 Å². The SMILES string of the molecule is COC(=O)c1cccc(N2CCC2)c1N. The van der Waals surface area contributed by atoms with E-state index in [2.05, 4.69) is 9.64 Å². The number of carbonyl (C=O) groups excluding carboxylic acids is 1. The van der Waals surface area contributed by atoms with Gasteiger partial charge >= 0.3 is 5.97 Å².